The first-order valence-corrected chi connectivity index (χ1v) is 11.8. The molecule has 1 aliphatic rings. The highest BCUT2D eigenvalue weighted by molar-refractivity contribution is 7.15. The van der Waals surface area contributed by atoms with E-state index in [4.69, 9.17) is 16.1 Å². The summed E-state index contributed by atoms with van der Waals surface area (Å²) in [5, 5.41) is 16.9. The van der Waals surface area contributed by atoms with Crippen molar-refractivity contribution in [1.82, 2.24) is 15.4 Å². The van der Waals surface area contributed by atoms with Crippen molar-refractivity contribution in [2.75, 3.05) is 16.8 Å². The number of aryl methyl sites for hydroxylation is 2. The summed E-state index contributed by atoms with van der Waals surface area (Å²) in [5.41, 5.74) is 3.31. The maximum absolute atomic E-state index is 13.0. The number of carbonyl (C=O) groups is 2. The minimum Gasteiger partial charge on any atom is -0.360 e. The largest absolute Gasteiger partial charge is 0.360 e. The van der Waals surface area contributed by atoms with Gasteiger partial charge in [-0.05, 0) is 31.5 Å². The molecule has 1 fully saturated rings. The SMILES string of the molecule is Cc1ccc(N2C[C@H](c3nnc(NC(=O)c4c(-c5ccccc5)noc4C)s3)CC2=O)cc1Cl. The van der Waals surface area contributed by atoms with Crippen LogP contribution in [0, 0.1) is 13.8 Å². The van der Waals surface area contributed by atoms with Crippen LogP contribution in [0.2, 0.25) is 5.02 Å². The van der Waals surface area contributed by atoms with E-state index in [1.807, 2.05) is 49.4 Å². The number of halogens is 1. The van der Waals surface area contributed by atoms with E-state index >= 15 is 0 Å². The molecule has 172 valence electrons. The summed E-state index contributed by atoms with van der Waals surface area (Å²) in [5.74, 6) is -0.0835. The van der Waals surface area contributed by atoms with Crippen LogP contribution < -0.4 is 10.2 Å². The molecule has 0 unspecified atom stereocenters. The molecule has 34 heavy (non-hydrogen) atoms. The lowest BCUT2D eigenvalue weighted by atomic mass is 10.1. The van der Waals surface area contributed by atoms with E-state index in [9.17, 15) is 9.59 Å². The van der Waals surface area contributed by atoms with Gasteiger partial charge in [-0.3, -0.25) is 14.9 Å². The summed E-state index contributed by atoms with van der Waals surface area (Å²) in [6.07, 6.45) is 0.316. The minimum atomic E-state index is -0.376. The van der Waals surface area contributed by atoms with Gasteiger partial charge in [0.05, 0.1) is 0 Å². The average molecular weight is 494 g/mol. The van der Waals surface area contributed by atoms with Crippen LogP contribution in [0.15, 0.2) is 53.1 Å². The van der Waals surface area contributed by atoms with Gasteiger partial charge in [0, 0.05) is 35.2 Å². The minimum absolute atomic E-state index is 0.00157. The molecule has 10 heteroatoms. The molecule has 1 aliphatic heterocycles. The Labute approximate surface area is 204 Å². The molecule has 1 N–H and O–H groups in total. The summed E-state index contributed by atoms with van der Waals surface area (Å²) in [6.45, 7) is 4.08. The van der Waals surface area contributed by atoms with Gasteiger partial charge in [-0.25, -0.2) is 0 Å². The Morgan fingerprint density at radius 1 is 1.18 bits per heavy atom. The molecule has 1 atom stereocenters. The van der Waals surface area contributed by atoms with Crippen molar-refractivity contribution < 1.29 is 14.1 Å². The molecule has 2 amide bonds. The first-order chi connectivity index (χ1) is 16.4. The van der Waals surface area contributed by atoms with Crippen LogP contribution in [0.25, 0.3) is 11.3 Å². The van der Waals surface area contributed by atoms with Crippen molar-refractivity contribution in [3.05, 3.63) is 75.4 Å². The summed E-state index contributed by atoms with van der Waals surface area (Å²) >= 11 is 7.50. The maximum atomic E-state index is 13.0. The lowest BCUT2D eigenvalue weighted by molar-refractivity contribution is -0.117. The monoisotopic (exact) mass is 493 g/mol. The van der Waals surface area contributed by atoms with E-state index in [2.05, 4.69) is 20.7 Å². The lowest BCUT2D eigenvalue weighted by Crippen LogP contribution is -2.24. The normalized spacial score (nSPS) is 15.7. The third-order valence-electron chi connectivity index (χ3n) is 5.74. The van der Waals surface area contributed by atoms with Crippen LogP contribution in [-0.4, -0.2) is 33.7 Å². The van der Waals surface area contributed by atoms with Gasteiger partial charge in [-0.15, -0.1) is 10.2 Å². The van der Waals surface area contributed by atoms with Gasteiger partial charge in [-0.1, -0.05) is 64.5 Å². The number of nitrogens with one attached hydrogen (secondary N) is 1. The van der Waals surface area contributed by atoms with Crippen molar-refractivity contribution in [2.24, 2.45) is 0 Å². The molecule has 0 bridgehead atoms. The number of amides is 2. The Kier molecular flexibility index (Phi) is 5.89. The van der Waals surface area contributed by atoms with Crippen LogP contribution in [0.4, 0.5) is 10.8 Å². The second-order valence-corrected chi connectivity index (χ2v) is 9.48. The third kappa shape index (κ3) is 4.20. The van der Waals surface area contributed by atoms with E-state index in [0.717, 1.165) is 16.8 Å². The average Bonchev–Trinajstić information content (AvgIpc) is 3.55. The number of rotatable bonds is 5. The van der Waals surface area contributed by atoms with Gasteiger partial charge < -0.3 is 9.42 Å². The fourth-order valence-electron chi connectivity index (χ4n) is 3.91. The fourth-order valence-corrected chi connectivity index (χ4v) is 4.92. The molecule has 0 aliphatic carbocycles. The molecule has 3 heterocycles. The van der Waals surface area contributed by atoms with Crippen LogP contribution >= 0.6 is 22.9 Å². The van der Waals surface area contributed by atoms with Crippen LogP contribution in [0.3, 0.4) is 0 Å². The molecule has 2 aromatic carbocycles. The Morgan fingerprint density at radius 2 is 1.97 bits per heavy atom. The van der Waals surface area contributed by atoms with Gasteiger partial charge in [-0.2, -0.15) is 0 Å². The smallest absolute Gasteiger partial charge is 0.263 e. The van der Waals surface area contributed by atoms with Crippen molar-refractivity contribution in [2.45, 2.75) is 26.2 Å². The molecule has 2 aromatic heterocycles. The first-order valence-electron chi connectivity index (χ1n) is 10.6. The number of benzene rings is 2. The highest BCUT2D eigenvalue weighted by atomic mass is 35.5. The van der Waals surface area contributed by atoms with Crippen molar-refractivity contribution in [3.8, 4) is 11.3 Å². The maximum Gasteiger partial charge on any atom is 0.263 e. The molecule has 0 saturated carbocycles. The molecular formula is C24H20ClN5O3S. The molecule has 5 rings (SSSR count). The van der Waals surface area contributed by atoms with Crippen molar-refractivity contribution in [3.63, 3.8) is 0 Å². The van der Waals surface area contributed by atoms with E-state index in [1.54, 1.807) is 17.9 Å². The van der Waals surface area contributed by atoms with Crippen molar-refractivity contribution >= 4 is 45.6 Å². The zero-order chi connectivity index (χ0) is 23.8. The third-order valence-corrected chi connectivity index (χ3v) is 7.15. The number of carbonyl (C=O) groups excluding carboxylic acids is 2. The van der Waals surface area contributed by atoms with E-state index in [0.29, 0.717) is 45.1 Å². The molecule has 0 radical (unpaired) electrons. The summed E-state index contributed by atoms with van der Waals surface area (Å²) in [4.78, 5) is 27.4. The van der Waals surface area contributed by atoms with E-state index < -0.39 is 0 Å². The van der Waals surface area contributed by atoms with Gasteiger partial charge in [0.15, 0.2) is 0 Å². The first kappa shape index (κ1) is 22.2. The Bertz CT molecular complexity index is 1380. The second kappa shape index (κ2) is 9.00. The molecular weight excluding hydrogens is 474 g/mol. The standard InChI is InChI=1S/C24H20ClN5O3S/c1-13-8-9-17(11-18(13)25)30-12-16(10-19(30)31)23-27-28-24(34-23)26-22(32)20-14(2)33-29-21(20)15-6-4-3-5-7-15/h3-9,11,16H,10,12H2,1-2H3,(H,26,28,32)/t16-/m1/s1. The summed E-state index contributed by atoms with van der Waals surface area (Å²) < 4.78 is 5.28. The van der Waals surface area contributed by atoms with Crippen LogP contribution in [-0.2, 0) is 4.79 Å². The van der Waals surface area contributed by atoms with Crippen LogP contribution in [0.5, 0.6) is 0 Å². The molecule has 1 saturated heterocycles. The number of hydrogen-bond donors (Lipinski definition) is 1. The Hall–Kier alpha value is -3.56. The zero-order valence-corrected chi connectivity index (χ0v) is 20.0. The van der Waals surface area contributed by atoms with Gasteiger partial charge in [0.1, 0.15) is 22.0 Å². The molecule has 4 aromatic rings. The number of nitrogens with zero attached hydrogens (tertiary/aromatic N) is 4. The predicted octanol–water partition coefficient (Wildman–Crippen LogP) is 5.24. The number of hydrogen-bond acceptors (Lipinski definition) is 7. The van der Waals surface area contributed by atoms with Crippen LogP contribution in [0.1, 0.15) is 39.0 Å². The highest BCUT2D eigenvalue weighted by Crippen LogP contribution is 2.36. The Balaban J connectivity index is 1.32. The molecule has 8 nitrogen and oxygen atoms in total. The number of anilines is 2. The van der Waals surface area contributed by atoms with Gasteiger partial charge in [0.2, 0.25) is 11.0 Å². The van der Waals surface area contributed by atoms with Gasteiger partial charge >= 0.3 is 0 Å². The highest BCUT2D eigenvalue weighted by Gasteiger charge is 2.34. The summed E-state index contributed by atoms with van der Waals surface area (Å²) in [6, 6.07) is 14.9. The Morgan fingerprint density at radius 3 is 2.74 bits per heavy atom. The lowest BCUT2D eigenvalue weighted by Gasteiger charge is -2.17. The van der Waals surface area contributed by atoms with E-state index in [-0.39, 0.29) is 17.7 Å². The second-order valence-electron chi connectivity index (χ2n) is 8.07. The topological polar surface area (TPSA) is 101 Å². The number of aromatic nitrogens is 3. The summed E-state index contributed by atoms with van der Waals surface area (Å²) in [7, 11) is 0. The zero-order valence-electron chi connectivity index (χ0n) is 18.4. The van der Waals surface area contributed by atoms with Crippen molar-refractivity contribution in [1.29, 1.82) is 0 Å². The molecule has 0 spiro atoms. The van der Waals surface area contributed by atoms with E-state index in [1.165, 1.54) is 11.3 Å². The fraction of sp³-hybridized carbons (Fsp3) is 0.208. The quantitative estimate of drug-likeness (QED) is 0.408. The van der Waals surface area contributed by atoms with Gasteiger partial charge in [0.25, 0.3) is 5.91 Å². The predicted molar refractivity (Wildman–Crippen MR) is 130 cm³/mol.